The standard InChI is InChI=1S/C5H16B4O12/c10-6(11)18-1-5(2-19-7(12)13,3-20-8(14)15)4-21-9(16)17/h10-17H,1-4H2. The molecule has 0 rings (SSSR count). The average Bonchev–Trinajstić information content (AvgIpc) is 2.36. The first kappa shape index (κ1) is 20.8. The van der Waals surface area contributed by atoms with Crippen LogP contribution in [0.2, 0.25) is 0 Å². The lowest BCUT2D eigenvalue weighted by molar-refractivity contribution is -0.0431. The molecule has 0 aromatic carbocycles. The smallest absolute Gasteiger partial charge is 0.402 e. The Morgan fingerprint density at radius 3 is 0.810 bits per heavy atom. The van der Waals surface area contributed by atoms with Crippen LogP contribution in [0.4, 0.5) is 0 Å². The molecule has 16 heteroatoms. The van der Waals surface area contributed by atoms with Crippen molar-refractivity contribution in [3.05, 3.63) is 0 Å². The molecule has 0 heterocycles. The lowest BCUT2D eigenvalue weighted by atomic mass is 9.90. The normalized spacial score (nSPS) is 11.4. The molecule has 0 unspecified atom stereocenters. The summed E-state index contributed by atoms with van der Waals surface area (Å²) < 4.78 is 17.9. The lowest BCUT2D eigenvalue weighted by Gasteiger charge is -2.33. The van der Waals surface area contributed by atoms with Crippen LogP contribution in [0.25, 0.3) is 0 Å². The molecule has 0 radical (unpaired) electrons. The molecule has 12 nitrogen and oxygen atoms in total. The summed E-state index contributed by atoms with van der Waals surface area (Å²) in [5.74, 6) is 0. The monoisotopic (exact) mass is 312 g/mol. The van der Waals surface area contributed by atoms with Gasteiger partial charge in [-0.3, -0.25) is 0 Å². The molecule has 0 bridgehead atoms. The van der Waals surface area contributed by atoms with Crippen LogP contribution in [0, 0.1) is 5.41 Å². The Kier molecular flexibility index (Phi) is 10.4. The Labute approximate surface area is 121 Å². The Bertz CT molecular complexity index is 211. The fourth-order valence-electron chi connectivity index (χ4n) is 1.26. The van der Waals surface area contributed by atoms with Gasteiger partial charge < -0.3 is 58.8 Å². The van der Waals surface area contributed by atoms with Gasteiger partial charge in [-0.15, -0.1) is 0 Å². The Morgan fingerprint density at radius 1 is 0.476 bits per heavy atom. The highest BCUT2D eigenvalue weighted by atomic mass is 16.7. The van der Waals surface area contributed by atoms with Gasteiger partial charge in [0.1, 0.15) is 0 Å². The van der Waals surface area contributed by atoms with Crippen LogP contribution in [-0.4, -0.2) is 95.9 Å². The molecule has 0 atom stereocenters. The highest BCUT2D eigenvalue weighted by Gasteiger charge is 2.37. The van der Waals surface area contributed by atoms with Gasteiger partial charge in [-0.25, -0.2) is 0 Å². The highest BCUT2D eigenvalue weighted by molar-refractivity contribution is 6.33. The molecule has 0 amide bonds. The summed E-state index contributed by atoms with van der Waals surface area (Å²) in [7, 11) is -8.77. The van der Waals surface area contributed by atoms with Crippen molar-refractivity contribution in [2.24, 2.45) is 5.41 Å². The number of hydrogen-bond donors (Lipinski definition) is 8. The van der Waals surface area contributed by atoms with Crippen LogP contribution in [0.1, 0.15) is 0 Å². The van der Waals surface area contributed by atoms with Crippen molar-refractivity contribution in [1.82, 2.24) is 0 Å². The highest BCUT2D eigenvalue weighted by Crippen LogP contribution is 2.21. The summed E-state index contributed by atoms with van der Waals surface area (Å²) >= 11 is 0. The zero-order chi connectivity index (χ0) is 16.5. The molecule has 120 valence electrons. The van der Waals surface area contributed by atoms with E-state index < -0.39 is 61.1 Å². The largest absolute Gasteiger partial charge is 0.633 e. The van der Waals surface area contributed by atoms with Crippen LogP contribution < -0.4 is 0 Å². The maximum absolute atomic E-state index is 8.66. The quantitative estimate of drug-likeness (QED) is 0.159. The molecule has 0 saturated carbocycles. The molecule has 0 saturated heterocycles. The van der Waals surface area contributed by atoms with Crippen molar-refractivity contribution < 1.29 is 58.8 Å². The Balaban J connectivity index is 4.85. The van der Waals surface area contributed by atoms with E-state index in [2.05, 4.69) is 18.6 Å². The second-order valence-corrected chi connectivity index (χ2v) is 4.05. The summed E-state index contributed by atoms with van der Waals surface area (Å²) in [5.41, 5.74) is -1.54. The van der Waals surface area contributed by atoms with Crippen molar-refractivity contribution in [3.8, 4) is 0 Å². The zero-order valence-electron chi connectivity index (χ0n) is 10.8. The van der Waals surface area contributed by atoms with E-state index in [0.717, 1.165) is 0 Å². The van der Waals surface area contributed by atoms with Gasteiger partial charge in [0, 0.05) is 26.4 Å². The third-order valence-electron chi connectivity index (χ3n) is 2.15. The van der Waals surface area contributed by atoms with Crippen LogP contribution in [0.3, 0.4) is 0 Å². The topological polar surface area (TPSA) is 199 Å². The van der Waals surface area contributed by atoms with Crippen molar-refractivity contribution in [1.29, 1.82) is 0 Å². The summed E-state index contributed by atoms with van der Waals surface area (Å²) in [6.45, 7) is -2.35. The van der Waals surface area contributed by atoms with Crippen molar-refractivity contribution in [2.45, 2.75) is 0 Å². The van der Waals surface area contributed by atoms with Gasteiger partial charge in [0.25, 0.3) is 0 Å². The van der Waals surface area contributed by atoms with E-state index in [1.54, 1.807) is 0 Å². The predicted octanol–water partition coefficient (Wildman–Crippen LogP) is -6.08. The van der Waals surface area contributed by atoms with Crippen LogP contribution >= 0.6 is 0 Å². The summed E-state index contributed by atoms with van der Waals surface area (Å²) in [5, 5.41) is 69.3. The van der Waals surface area contributed by atoms with Crippen LogP contribution in [-0.2, 0) is 18.6 Å². The van der Waals surface area contributed by atoms with Crippen molar-refractivity contribution in [3.63, 3.8) is 0 Å². The lowest BCUT2D eigenvalue weighted by Crippen LogP contribution is -2.47. The molecule has 8 N–H and O–H groups in total. The second-order valence-electron chi connectivity index (χ2n) is 4.05. The zero-order valence-corrected chi connectivity index (χ0v) is 10.8. The van der Waals surface area contributed by atoms with Crippen molar-refractivity contribution in [2.75, 3.05) is 26.4 Å². The molecular formula is C5H16B4O12. The minimum absolute atomic E-state index is 0.586. The van der Waals surface area contributed by atoms with Crippen LogP contribution in [0.5, 0.6) is 0 Å². The van der Waals surface area contributed by atoms with Gasteiger partial charge in [0.15, 0.2) is 0 Å². The fraction of sp³-hybridized carbons (Fsp3) is 1.00. The minimum atomic E-state index is -2.19. The molecule has 0 aliphatic rings. The van der Waals surface area contributed by atoms with Gasteiger partial charge in [0.2, 0.25) is 0 Å². The molecule has 0 spiro atoms. The van der Waals surface area contributed by atoms with E-state index in [1.165, 1.54) is 0 Å². The molecule has 0 aliphatic carbocycles. The van der Waals surface area contributed by atoms with Gasteiger partial charge in [0.05, 0.1) is 5.41 Å². The van der Waals surface area contributed by atoms with E-state index in [-0.39, 0.29) is 0 Å². The third kappa shape index (κ3) is 11.1. The SMILES string of the molecule is OB(O)OCC(COB(O)O)(COB(O)O)COB(O)O. The predicted molar refractivity (Wildman–Crippen MR) is 67.0 cm³/mol. The van der Waals surface area contributed by atoms with Gasteiger partial charge in [-0.1, -0.05) is 0 Å². The van der Waals surface area contributed by atoms with E-state index in [0.29, 0.717) is 0 Å². The molecule has 0 fully saturated rings. The van der Waals surface area contributed by atoms with Crippen LogP contribution in [0.15, 0.2) is 0 Å². The first-order chi connectivity index (χ1) is 9.67. The van der Waals surface area contributed by atoms with E-state index in [1.807, 2.05) is 0 Å². The first-order valence-corrected chi connectivity index (χ1v) is 5.58. The third-order valence-corrected chi connectivity index (χ3v) is 2.15. The second kappa shape index (κ2) is 10.5. The molecule has 21 heavy (non-hydrogen) atoms. The van der Waals surface area contributed by atoms with Gasteiger partial charge in [-0.2, -0.15) is 0 Å². The fourth-order valence-corrected chi connectivity index (χ4v) is 1.26. The molecule has 0 aromatic rings. The molecular weight excluding hydrogens is 295 g/mol. The average molecular weight is 311 g/mol. The number of rotatable bonds is 12. The summed E-state index contributed by atoms with van der Waals surface area (Å²) in [4.78, 5) is 0. The van der Waals surface area contributed by atoms with E-state index >= 15 is 0 Å². The van der Waals surface area contributed by atoms with Gasteiger partial charge in [-0.05, 0) is 0 Å². The Morgan fingerprint density at radius 2 is 0.667 bits per heavy atom. The summed E-state index contributed by atoms with van der Waals surface area (Å²) in [6.07, 6.45) is 0. The van der Waals surface area contributed by atoms with Crippen molar-refractivity contribution >= 4 is 29.3 Å². The first-order valence-electron chi connectivity index (χ1n) is 5.58. The number of hydrogen-bond acceptors (Lipinski definition) is 12. The maximum atomic E-state index is 8.66. The molecule has 0 aromatic heterocycles. The molecule has 0 aliphatic heterocycles. The maximum Gasteiger partial charge on any atom is 0.633 e. The Hall–Kier alpha value is -0.220. The van der Waals surface area contributed by atoms with Gasteiger partial charge >= 0.3 is 29.3 Å². The summed E-state index contributed by atoms with van der Waals surface area (Å²) in [6, 6.07) is 0. The van der Waals surface area contributed by atoms with E-state index in [4.69, 9.17) is 40.2 Å². The van der Waals surface area contributed by atoms with E-state index in [9.17, 15) is 0 Å². The minimum Gasteiger partial charge on any atom is -0.402 e.